The number of aliphatic hydroxyl groups is 1. The zero-order valence-electron chi connectivity index (χ0n) is 9.35. The summed E-state index contributed by atoms with van der Waals surface area (Å²) >= 11 is 0. The van der Waals surface area contributed by atoms with Gasteiger partial charge in [-0.1, -0.05) is 6.07 Å². The summed E-state index contributed by atoms with van der Waals surface area (Å²) in [5.41, 5.74) is 6.90. The normalized spacial score (nSPS) is 12.5. The van der Waals surface area contributed by atoms with Crippen LogP contribution in [-0.2, 0) is 0 Å². The maximum Gasteiger partial charge on any atom is 0.133 e. The fourth-order valence-corrected chi connectivity index (χ4v) is 1.56. The fraction of sp³-hybridized carbons (Fsp3) is 0.545. The van der Waals surface area contributed by atoms with Crippen LogP contribution in [0.2, 0.25) is 0 Å². The van der Waals surface area contributed by atoms with Crippen molar-refractivity contribution in [3.63, 3.8) is 0 Å². The molecule has 0 unspecified atom stereocenters. The highest BCUT2D eigenvalue weighted by Crippen LogP contribution is 2.21. The van der Waals surface area contributed by atoms with Crippen molar-refractivity contribution in [1.82, 2.24) is 4.98 Å². The Labute approximate surface area is 90.7 Å². The molecule has 0 amide bonds. The van der Waals surface area contributed by atoms with Crippen LogP contribution >= 0.6 is 0 Å². The number of aliphatic hydroxyl groups excluding tert-OH is 1. The summed E-state index contributed by atoms with van der Waals surface area (Å²) in [6.07, 6.45) is 1.75. The van der Waals surface area contributed by atoms with Gasteiger partial charge in [0.15, 0.2) is 0 Å². The quantitative estimate of drug-likeness (QED) is 0.757. The van der Waals surface area contributed by atoms with Gasteiger partial charge in [-0.3, -0.25) is 0 Å². The van der Waals surface area contributed by atoms with Gasteiger partial charge >= 0.3 is 0 Å². The first-order chi connectivity index (χ1) is 7.20. The van der Waals surface area contributed by atoms with Crippen LogP contribution in [-0.4, -0.2) is 29.8 Å². The average Bonchev–Trinajstić information content (AvgIpc) is 2.26. The Morgan fingerprint density at radius 1 is 1.60 bits per heavy atom. The Hall–Kier alpha value is -1.13. The molecule has 0 spiro atoms. The number of rotatable bonds is 5. The summed E-state index contributed by atoms with van der Waals surface area (Å²) in [7, 11) is 0. The zero-order valence-corrected chi connectivity index (χ0v) is 9.35. The van der Waals surface area contributed by atoms with Crippen molar-refractivity contribution in [1.29, 1.82) is 0 Å². The second-order valence-corrected chi connectivity index (χ2v) is 3.51. The Balaban J connectivity index is 2.99. The Kier molecular flexibility index (Phi) is 4.52. The van der Waals surface area contributed by atoms with Gasteiger partial charge in [-0.25, -0.2) is 4.98 Å². The number of nitrogens with two attached hydrogens (primary N) is 1. The van der Waals surface area contributed by atoms with E-state index in [-0.39, 0.29) is 12.6 Å². The zero-order chi connectivity index (χ0) is 11.3. The van der Waals surface area contributed by atoms with Crippen LogP contribution in [0.15, 0.2) is 18.3 Å². The largest absolute Gasteiger partial charge is 0.395 e. The van der Waals surface area contributed by atoms with Gasteiger partial charge in [0, 0.05) is 30.9 Å². The van der Waals surface area contributed by atoms with Crippen LogP contribution in [0.5, 0.6) is 0 Å². The molecule has 4 heteroatoms. The van der Waals surface area contributed by atoms with E-state index in [9.17, 15) is 0 Å². The average molecular weight is 209 g/mol. The van der Waals surface area contributed by atoms with Crippen molar-refractivity contribution < 1.29 is 5.11 Å². The fourth-order valence-electron chi connectivity index (χ4n) is 1.56. The highest BCUT2D eigenvalue weighted by Gasteiger charge is 2.12. The lowest BCUT2D eigenvalue weighted by Gasteiger charge is -2.24. The van der Waals surface area contributed by atoms with Gasteiger partial charge in [-0.05, 0) is 19.9 Å². The molecule has 0 bridgehead atoms. The van der Waals surface area contributed by atoms with Gasteiger partial charge in [0.25, 0.3) is 0 Å². The predicted molar refractivity (Wildman–Crippen MR) is 61.8 cm³/mol. The molecule has 0 aliphatic heterocycles. The van der Waals surface area contributed by atoms with Crippen molar-refractivity contribution in [2.75, 3.05) is 24.6 Å². The summed E-state index contributed by atoms with van der Waals surface area (Å²) < 4.78 is 0. The van der Waals surface area contributed by atoms with Crippen LogP contribution < -0.4 is 10.6 Å². The summed E-state index contributed by atoms with van der Waals surface area (Å²) in [5.74, 6) is 0.879. The first-order valence-corrected chi connectivity index (χ1v) is 5.27. The van der Waals surface area contributed by atoms with Crippen LogP contribution in [0.3, 0.4) is 0 Å². The molecule has 3 N–H and O–H groups in total. The van der Waals surface area contributed by atoms with Crippen LogP contribution in [0.25, 0.3) is 0 Å². The Bertz CT molecular complexity index is 302. The van der Waals surface area contributed by atoms with Crippen molar-refractivity contribution in [2.24, 2.45) is 5.73 Å². The van der Waals surface area contributed by atoms with E-state index in [0.29, 0.717) is 6.54 Å². The summed E-state index contributed by atoms with van der Waals surface area (Å²) in [6.45, 7) is 5.51. The number of nitrogens with zero attached hydrogens (tertiary/aromatic N) is 2. The molecule has 15 heavy (non-hydrogen) atoms. The molecule has 1 heterocycles. The SMILES string of the molecule is CCN(CCO)c1ncccc1[C@H](C)N. The molecule has 84 valence electrons. The molecule has 0 saturated carbocycles. The summed E-state index contributed by atoms with van der Waals surface area (Å²) in [5, 5.41) is 8.96. The van der Waals surface area contributed by atoms with E-state index in [1.807, 2.05) is 30.9 Å². The van der Waals surface area contributed by atoms with Crippen molar-refractivity contribution in [3.8, 4) is 0 Å². The number of hydrogen-bond donors (Lipinski definition) is 2. The lowest BCUT2D eigenvalue weighted by Crippen LogP contribution is -2.29. The van der Waals surface area contributed by atoms with Gasteiger partial charge in [-0.15, -0.1) is 0 Å². The van der Waals surface area contributed by atoms with Crippen LogP contribution in [0.1, 0.15) is 25.5 Å². The minimum atomic E-state index is -0.0403. The molecule has 0 aliphatic rings. The summed E-state index contributed by atoms with van der Waals surface area (Å²) in [4.78, 5) is 6.35. The third kappa shape index (κ3) is 2.91. The third-order valence-electron chi connectivity index (χ3n) is 2.36. The molecule has 1 rings (SSSR count). The van der Waals surface area contributed by atoms with Crippen molar-refractivity contribution in [3.05, 3.63) is 23.9 Å². The van der Waals surface area contributed by atoms with E-state index in [2.05, 4.69) is 4.98 Å². The third-order valence-corrected chi connectivity index (χ3v) is 2.36. The van der Waals surface area contributed by atoms with Crippen molar-refractivity contribution in [2.45, 2.75) is 19.9 Å². The Morgan fingerprint density at radius 3 is 2.87 bits per heavy atom. The highest BCUT2D eigenvalue weighted by atomic mass is 16.3. The minimum absolute atomic E-state index is 0.0403. The Morgan fingerprint density at radius 2 is 2.33 bits per heavy atom. The first kappa shape index (κ1) is 11.9. The molecule has 4 nitrogen and oxygen atoms in total. The topological polar surface area (TPSA) is 62.4 Å². The number of aromatic nitrogens is 1. The van der Waals surface area contributed by atoms with Crippen LogP contribution in [0.4, 0.5) is 5.82 Å². The van der Waals surface area contributed by atoms with E-state index in [0.717, 1.165) is 17.9 Å². The highest BCUT2D eigenvalue weighted by molar-refractivity contribution is 5.48. The summed E-state index contributed by atoms with van der Waals surface area (Å²) in [6, 6.07) is 3.82. The molecule has 1 atom stereocenters. The maximum atomic E-state index is 8.96. The lowest BCUT2D eigenvalue weighted by atomic mass is 10.1. The molecule has 0 fully saturated rings. The van der Waals surface area contributed by atoms with E-state index < -0.39 is 0 Å². The van der Waals surface area contributed by atoms with Gasteiger partial charge in [0.05, 0.1) is 6.61 Å². The molecule has 0 saturated heterocycles. The predicted octanol–water partition coefficient (Wildman–Crippen LogP) is 0.920. The van der Waals surface area contributed by atoms with Gasteiger partial charge in [0.1, 0.15) is 5.82 Å². The molecule has 1 aromatic heterocycles. The molecule has 0 aromatic carbocycles. The van der Waals surface area contributed by atoms with Gasteiger partial charge in [0.2, 0.25) is 0 Å². The second-order valence-electron chi connectivity index (χ2n) is 3.51. The first-order valence-electron chi connectivity index (χ1n) is 5.27. The molecular formula is C11H19N3O. The van der Waals surface area contributed by atoms with E-state index in [1.165, 1.54) is 0 Å². The van der Waals surface area contributed by atoms with E-state index >= 15 is 0 Å². The molecular weight excluding hydrogens is 190 g/mol. The minimum Gasteiger partial charge on any atom is -0.395 e. The number of anilines is 1. The van der Waals surface area contributed by atoms with E-state index in [4.69, 9.17) is 10.8 Å². The number of hydrogen-bond acceptors (Lipinski definition) is 4. The standard InChI is InChI=1S/C11H19N3O/c1-3-14(7-8-15)11-10(9(2)12)5-4-6-13-11/h4-6,9,15H,3,7-8,12H2,1-2H3/t9-/m0/s1. The molecule has 0 aliphatic carbocycles. The maximum absolute atomic E-state index is 8.96. The van der Waals surface area contributed by atoms with E-state index in [1.54, 1.807) is 6.20 Å². The van der Waals surface area contributed by atoms with Crippen LogP contribution in [0, 0.1) is 0 Å². The van der Waals surface area contributed by atoms with Crippen molar-refractivity contribution >= 4 is 5.82 Å². The molecule has 0 radical (unpaired) electrons. The lowest BCUT2D eigenvalue weighted by molar-refractivity contribution is 0.302. The second kappa shape index (κ2) is 5.68. The van der Waals surface area contributed by atoms with Gasteiger partial charge < -0.3 is 15.7 Å². The molecule has 1 aromatic rings. The number of likely N-dealkylation sites (N-methyl/N-ethyl adjacent to an activating group) is 1. The smallest absolute Gasteiger partial charge is 0.133 e. The number of pyridine rings is 1. The van der Waals surface area contributed by atoms with Gasteiger partial charge in [-0.2, -0.15) is 0 Å². The monoisotopic (exact) mass is 209 g/mol.